The zero-order chi connectivity index (χ0) is 10.8. The van der Waals surface area contributed by atoms with E-state index in [0.717, 1.165) is 5.56 Å². The third-order valence-electron chi connectivity index (χ3n) is 2.19. The van der Waals surface area contributed by atoms with E-state index in [0.29, 0.717) is 11.6 Å². The number of hydrogen-bond acceptors (Lipinski definition) is 3. The molecule has 2 heterocycles. The Morgan fingerprint density at radius 1 is 1.67 bits per heavy atom. The molecule has 0 N–H and O–H groups in total. The summed E-state index contributed by atoms with van der Waals surface area (Å²) >= 11 is 0. The molecule has 1 aliphatic heterocycles. The van der Waals surface area contributed by atoms with Gasteiger partial charge in [0.15, 0.2) is 18.2 Å². The molecule has 4 nitrogen and oxygen atoms in total. The lowest BCUT2D eigenvalue weighted by atomic mass is 10.2. The highest BCUT2D eigenvalue weighted by molar-refractivity contribution is 5.96. The van der Waals surface area contributed by atoms with Crippen molar-refractivity contribution in [2.75, 3.05) is 24.7 Å². The number of halogens is 1. The van der Waals surface area contributed by atoms with Crippen LogP contribution in [0.5, 0.6) is 5.75 Å². The van der Waals surface area contributed by atoms with Crippen molar-refractivity contribution in [2.24, 2.45) is 0 Å². The maximum Gasteiger partial charge on any atom is 0.266 e. The molecule has 5 heteroatoms. The second kappa shape index (κ2) is 3.84. The Balaban J connectivity index is 2.39. The molecule has 1 aromatic heterocycles. The van der Waals surface area contributed by atoms with Crippen molar-refractivity contribution < 1.29 is 13.9 Å². The predicted octanol–water partition coefficient (Wildman–Crippen LogP) is 1.08. The van der Waals surface area contributed by atoms with Gasteiger partial charge in [-0.2, -0.15) is 0 Å². The summed E-state index contributed by atoms with van der Waals surface area (Å²) in [6.07, 6.45) is 1.63. The molecule has 0 aliphatic carbocycles. The van der Waals surface area contributed by atoms with Gasteiger partial charge in [0.1, 0.15) is 6.67 Å². The van der Waals surface area contributed by atoms with E-state index in [1.54, 1.807) is 12.3 Å². The van der Waals surface area contributed by atoms with Gasteiger partial charge >= 0.3 is 0 Å². The topological polar surface area (TPSA) is 42.4 Å². The fourth-order valence-corrected chi connectivity index (χ4v) is 1.49. The smallest absolute Gasteiger partial charge is 0.266 e. The molecule has 0 spiro atoms. The Kier molecular flexibility index (Phi) is 2.53. The van der Waals surface area contributed by atoms with Crippen LogP contribution in [0.15, 0.2) is 12.3 Å². The number of pyridine rings is 1. The predicted molar refractivity (Wildman–Crippen MR) is 52.8 cm³/mol. The number of nitrogens with zero attached hydrogens (tertiary/aromatic N) is 2. The second-order valence-electron chi connectivity index (χ2n) is 3.36. The van der Waals surface area contributed by atoms with Crippen molar-refractivity contribution in [3.8, 4) is 5.75 Å². The zero-order valence-corrected chi connectivity index (χ0v) is 8.36. The highest BCUT2D eigenvalue weighted by Crippen LogP contribution is 2.29. The molecule has 1 aromatic rings. The molecule has 0 atom stereocenters. The van der Waals surface area contributed by atoms with Gasteiger partial charge in [0, 0.05) is 6.20 Å². The normalized spacial score (nSPS) is 14.8. The van der Waals surface area contributed by atoms with Gasteiger partial charge in [-0.15, -0.1) is 0 Å². The number of carbonyl (C=O) groups excluding carboxylic acids is 1. The van der Waals surface area contributed by atoms with E-state index in [9.17, 15) is 9.18 Å². The van der Waals surface area contributed by atoms with E-state index in [-0.39, 0.29) is 19.1 Å². The molecule has 0 bridgehead atoms. The number of fused-ring (bicyclic) bond motifs is 1. The summed E-state index contributed by atoms with van der Waals surface area (Å²) in [5.74, 6) is 0.703. The fourth-order valence-electron chi connectivity index (χ4n) is 1.49. The standard InChI is InChI=1S/C10H11FN2O2/c1-7-4-8-10(12-5-7)13(3-2-11)9(14)6-15-8/h4-5H,2-3,6H2,1H3. The third-order valence-corrected chi connectivity index (χ3v) is 2.19. The number of carbonyl (C=O) groups is 1. The van der Waals surface area contributed by atoms with Crippen molar-refractivity contribution in [2.45, 2.75) is 6.92 Å². The van der Waals surface area contributed by atoms with E-state index in [2.05, 4.69) is 4.98 Å². The fraction of sp³-hybridized carbons (Fsp3) is 0.400. The number of anilines is 1. The quantitative estimate of drug-likeness (QED) is 0.733. The van der Waals surface area contributed by atoms with Crippen LogP contribution in [0, 0.1) is 6.92 Å². The minimum Gasteiger partial charge on any atom is -0.480 e. The molecule has 0 unspecified atom stereocenters. The summed E-state index contributed by atoms with van der Waals surface area (Å²) < 4.78 is 17.5. The number of alkyl halides is 1. The van der Waals surface area contributed by atoms with Crippen molar-refractivity contribution in [1.29, 1.82) is 0 Å². The SMILES string of the molecule is Cc1cnc2c(c1)OCC(=O)N2CCF. The molecule has 0 fully saturated rings. The number of hydrogen-bond donors (Lipinski definition) is 0. The Bertz CT molecular complexity index is 395. The second-order valence-corrected chi connectivity index (χ2v) is 3.36. The van der Waals surface area contributed by atoms with Crippen LogP contribution in [0.3, 0.4) is 0 Å². The van der Waals surface area contributed by atoms with E-state index in [1.165, 1.54) is 4.90 Å². The lowest BCUT2D eigenvalue weighted by molar-refractivity contribution is -0.121. The first kappa shape index (κ1) is 9.89. The highest BCUT2D eigenvalue weighted by Gasteiger charge is 2.26. The van der Waals surface area contributed by atoms with Gasteiger partial charge in [-0.1, -0.05) is 0 Å². The molecule has 0 radical (unpaired) electrons. The Morgan fingerprint density at radius 3 is 3.20 bits per heavy atom. The van der Waals surface area contributed by atoms with Crippen molar-refractivity contribution in [3.63, 3.8) is 0 Å². The molecular formula is C10H11FN2O2. The average molecular weight is 210 g/mol. The van der Waals surface area contributed by atoms with E-state index in [1.807, 2.05) is 6.92 Å². The first-order chi connectivity index (χ1) is 7.22. The zero-order valence-electron chi connectivity index (χ0n) is 8.36. The number of aryl methyl sites for hydroxylation is 1. The van der Waals surface area contributed by atoms with Gasteiger partial charge in [-0.3, -0.25) is 9.69 Å². The summed E-state index contributed by atoms with van der Waals surface area (Å²) in [6.45, 7) is 1.29. The minimum absolute atomic E-state index is 0.0330. The Hall–Kier alpha value is -1.65. The van der Waals surface area contributed by atoms with Crippen LogP contribution in [0.4, 0.5) is 10.2 Å². The summed E-state index contributed by atoms with van der Waals surface area (Å²) in [5, 5.41) is 0. The van der Waals surface area contributed by atoms with Crippen LogP contribution in [-0.2, 0) is 4.79 Å². The number of ether oxygens (including phenoxy) is 1. The lowest BCUT2D eigenvalue weighted by Gasteiger charge is -2.27. The minimum atomic E-state index is -0.583. The first-order valence-corrected chi connectivity index (χ1v) is 4.68. The van der Waals surface area contributed by atoms with Crippen LogP contribution >= 0.6 is 0 Å². The van der Waals surface area contributed by atoms with Gasteiger partial charge in [0.05, 0.1) is 6.54 Å². The van der Waals surface area contributed by atoms with Gasteiger partial charge < -0.3 is 4.74 Å². The van der Waals surface area contributed by atoms with E-state index < -0.39 is 6.67 Å². The summed E-state index contributed by atoms with van der Waals surface area (Å²) in [7, 11) is 0. The van der Waals surface area contributed by atoms with Crippen LogP contribution in [-0.4, -0.2) is 30.7 Å². The van der Waals surface area contributed by atoms with Crippen molar-refractivity contribution in [3.05, 3.63) is 17.8 Å². The molecule has 1 aliphatic rings. The van der Waals surface area contributed by atoms with Gasteiger partial charge in [0.25, 0.3) is 5.91 Å². The van der Waals surface area contributed by atoms with E-state index >= 15 is 0 Å². The molecule has 0 aromatic carbocycles. The monoisotopic (exact) mass is 210 g/mol. The molecule has 2 rings (SSSR count). The lowest BCUT2D eigenvalue weighted by Crippen LogP contribution is -2.40. The molecule has 80 valence electrons. The van der Waals surface area contributed by atoms with Crippen LogP contribution < -0.4 is 9.64 Å². The summed E-state index contributed by atoms with van der Waals surface area (Å²) in [5.41, 5.74) is 0.947. The van der Waals surface area contributed by atoms with Crippen LogP contribution in [0.1, 0.15) is 5.56 Å². The van der Waals surface area contributed by atoms with E-state index in [4.69, 9.17) is 4.74 Å². The maximum atomic E-state index is 12.3. The first-order valence-electron chi connectivity index (χ1n) is 4.68. The van der Waals surface area contributed by atoms with Crippen molar-refractivity contribution >= 4 is 11.7 Å². The average Bonchev–Trinajstić information content (AvgIpc) is 2.22. The summed E-state index contributed by atoms with van der Waals surface area (Å²) in [4.78, 5) is 16.8. The molecule has 0 saturated carbocycles. The highest BCUT2D eigenvalue weighted by atomic mass is 19.1. The Labute approximate surface area is 86.7 Å². The third kappa shape index (κ3) is 1.77. The van der Waals surface area contributed by atoms with Crippen LogP contribution in [0.2, 0.25) is 0 Å². The van der Waals surface area contributed by atoms with Crippen LogP contribution in [0.25, 0.3) is 0 Å². The van der Waals surface area contributed by atoms with Gasteiger partial charge in [-0.25, -0.2) is 9.37 Å². The molecule has 15 heavy (non-hydrogen) atoms. The molecular weight excluding hydrogens is 199 g/mol. The van der Waals surface area contributed by atoms with Gasteiger partial charge in [0.2, 0.25) is 0 Å². The van der Waals surface area contributed by atoms with Gasteiger partial charge in [-0.05, 0) is 18.6 Å². The molecule has 0 saturated heterocycles. The number of rotatable bonds is 2. The maximum absolute atomic E-state index is 12.3. The number of aromatic nitrogens is 1. The summed E-state index contributed by atoms with van der Waals surface area (Å²) in [6, 6.07) is 1.79. The molecule has 1 amide bonds. The van der Waals surface area contributed by atoms with Crippen molar-refractivity contribution in [1.82, 2.24) is 4.98 Å². The number of amides is 1. The largest absolute Gasteiger partial charge is 0.480 e. The Morgan fingerprint density at radius 2 is 2.47 bits per heavy atom.